The summed E-state index contributed by atoms with van der Waals surface area (Å²) in [6.45, 7) is 3.80. The van der Waals surface area contributed by atoms with Crippen molar-refractivity contribution in [2.75, 3.05) is 19.7 Å². The lowest BCUT2D eigenvalue weighted by atomic mass is 10.3. The summed E-state index contributed by atoms with van der Waals surface area (Å²) in [4.78, 5) is 3.98. The molecule has 8 nitrogen and oxygen atoms in total. The molecular weight excluding hydrogens is 383 g/mol. The topological polar surface area (TPSA) is 99.1 Å². The molecule has 0 aliphatic rings. The molecule has 0 spiro atoms. The van der Waals surface area contributed by atoms with Crippen LogP contribution in [-0.4, -0.2) is 24.3 Å². The summed E-state index contributed by atoms with van der Waals surface area (Å²) in [5.74, 6) is 0.233. The van der Waals surface area contributed by atoms with Crippen molar-refractivity contribution in [3.63, 3.8) is 0 Å². The Morgan fingerprint density at radius 2 is 1.93 bits per heavy atom. The molecule has 0 amide bonds. The predicted molar refractivity (Wildman–Crippen MR) is 107 cm³/mol. The number of nitrogens with one attached hydrogen (secondary N) is 1. The fraction of sp³-hybridized carbons (Fsp3) is 0.316. The largest absolute Gasteiger partial charge is 0.502 e. The van der Waals surface area contributed by atoms with Crippen molar-refractivity contribution in [1.82, 2.24) is 4.98 Å². The molecule has 0 aliphatic heterocycles. The highest BCUT2D eigenvalue weighted by Gasteiger charge is 2.32. The van der Waals surface area contributed by atoms with Gasteiger partial charge in [0.15, 0.2) is 11.5 Å². The van der Waals surface area contributed by atoms with E-state index in [0.717, 1.165) is 0 Å². The molecular formula is C19H25N2O6P. The van der Waals surface area contributed by atoms with Crippen molar-refractivity contribution in [3.05, 3.63) is 48.0 Å². The summed E-state index contributed by atoms with van der Waals surface area (Å²) in [7, 11) is -0.988. The Balaban J connectivity index is 2.39. The first-order chi connectivity index (χ1) is 13.5. The van der Waals surface area contributed by atoms with Gasteiger partial charge in [-0.2, -0.15) is 4.62 Å². The lowest BCUT2D eigenvalue weighted by Gasteiger charge is -2.22. The number of rotatable bonds is 10. The van der Waals surface area contributed by atoms with Crippen LogP contribution in [0, 0.1) is 0 Å². The van der Waals surface area contributed by atoms with Gasteiger partial charge in [0.1, 0.15) is 5.75 Å². The predicted octanol–water partition coefficient (Wildman–Crippen LogP) is 5.12. The minimum absolute atomic E-state index is 0.124. The second kappa shape index (κ2) is 10.0. The summed E-state index contributed by atoms with van der Waals surface area (Å²) in [5, 5.41) is 10.6. The van der Waals surface area contributed by atoms with Gasteiger partial charge in [-0.1, -0.05) is 19.9 Å². The number of phenolic OH excluding ortho intramolecular Hbond substituents is 1. The Morgan fingerprint density at radius 3 is 2.43 bits per heavy atom. The van der Waals surface area contributed by atoms with Crippen LogP contribution in [0.15, 0.2) is 48.0 Å². The summed E-state index contributed by atoms with van der Waals surface area (Å²) in [6.07, 6.45) is 6.08. The van der Waals surface area contributed by atoms with Crippen LogP contribution in [0.5, 0.6) is 23.0 Å². The number of aromatic nitrogens is 1. The summed E-state index contributed by atoms with van der Waals surface area (Å²) < 4.78 is 35.2. The van der Waals surface area contributed by atoms with Crippen molar-refractivity contribution in [2.24, 2.45) is 0 Å². The van der Waals surface area contributed by atoms with Gasteiger partial charge in [-0.3, -0.25) is 10.5 Å². The monoisotopic (exact) mass is 408 g/mol. The van der Waals surface area contributed by atoms with Gasteiger partial charge in [-0.25, -0.2) is 4.57 Å². The lowest BCUT2D eigenvalue weighted by Crippen LogP contribution is -2.07. The minimum Gasteiger partial charge on any atom is -0.502 e. The lowest BCUT2D eigenvalue weighted by molar-refractivity contribution is 0.316. The number of pyridine rings is 1. The van der Waals surface area contributed by atoms with Crippen molar-refractivity contribution in [3.8, 4) is 23.0 Å². The van der Waals surface area contributed by atoms with Gasteiger partial charge in [0.05, 0.1) is 31.4 Å². The third-order valence-electron chi connectivity index (χ3n) is 3.78. The van der Waals surface area contributed by atoms with Crippen LogP contribution in [0.25, 0.3) is 0 Å². The van der Waals surface area contributed by atoms with Crippen LogP contribution in [0.2, 0.25) is 0 Å². The quantitative estimate of drug-likeness (QED) is 0.413. The molecule has 0 saturated carbocycles. The number of nitrogens with zero attached hydrogens (tertiary/aromatic N) is 1. The SMILES string of the molecule is CC/C=C(/CC)P(=O)(ONc1cccnc1)Oc1cc(OC)c(O)c(OC)c1. The third-order valence-corrected chi connectivity index (χ3v) is 5.76. The Morgan fingerprint density at radius 1 is 1.25 bits per heavy atom. The molecule has 0 radical (unpaired) electrons. The van der Waals surface area contributed by atoms with Gasteiger partial charge in [-0.15, -0.1) is 0 Å². The maximum atomic E-state index is 13.6. The van der Waals surface area contributed by atoms with E-state index in [9.17, 15) is 9.67 Å². The van der Waals surface area contributed by atoms with E-state index in [0.29, 0.717) is 23.8 Å². The van der Waals surface area contributed by atoms with Crippen LogP contribution in [0.4, 0.5) is 5.69 Å². The molecule has 2 N–H and O–H groups in total. The van der Waals surface area contributed by atoms with E-state index in [1.165, 1.54) is 32.5 Å². The first-order valence-corrected chi connectivity index (χ1v) is 10.3. The standard InChI is InChI=1S/C19H25N2O6P/c1-5-8-16(6-2)28(23,27-21-14-9-7-10-20-13-14)26-15-11-17(24-3)19(22)18(12-15)25-4/h7-13,21-22H,5-6H2,1-4H3/b16-8-. The maximum Gasteiger partial charge on any atom is 0.427 e. The highest BCUT2D eigenvalue weighted by Crippen LogP contribution is 2.58. The van der Waals surface area contributed by atoms with E-state index in [4.69, 9.17) is 18.6 Å². The first kappa shape index (κ1) is 21.6. The average Bonchev–Trinajstić information content (AvgIpc) is 2.72. The van der Waals surface area contributed by atoms with Crippen LogP contribution in [-0.2, 0) is 9.19 Å². The van der Waals surface area contributed by atoms with E-state index >= 15 is 0 Å². The normalized spacial score (nSPS) is 13.5. The van der Waals surface area contributed by atoms with Gasteiger partial charge >= 0.3 is 7.60 Å². The number of hydrogen-bond acceptors (Lipinski definition) is 8. The molecule has 2 aromatic rings. The van der Waals surface area contributed by atoms with Crippen LogP contribution >= 0.6 is 7.60 Å². The second-order valence-electron chi connectivity index (χ2n) is 5.66. The Kier molecular flexibility index (Phi) is 7.72. The summed E-state index contributed by atoms with van der Waals surface area (Å²) in [5.41, 5.74) is 3.17. The van der Waals surface area contributed by atoms with Gasteiger partial charge in [0.25, 0.3) is 0 Å². The second-order valence-corrected chi connectivity index (χ2v) is 7.59. The number of hydrogen-bond donors (Lipinski definition) is 2. The van der Waals surface area contributed by atoms with Crippen LogP contribution in [0.3, 0.4) is 0 Å². The highest BCUT2D eigenvalue weighted by molar-refractivity contribution is 7.58. The fourth-order valence-corrected chi connectivity index (χ4v) is 4.09. The molecule has 0 saturated heterocycles. The van der Waals surface area contributed by atoms with E-state index in [1.54, 1.807) is 24.4 Å². The molecule has 1 aromatic heterocycles. The first-order valence-electron chi connectivity index (χ1n) is 8.76. The van der Waals surface area contributed by atoms with E-state index in [2.05, 4.69) is 10.5 Å². The van der Waals surface area contributed by atoms with E-state index in [-0.39, 0.29) is 23.0 Å². The van der Waals surface area contributed by atoms with Crippen LogP contribution in [0.1, 0.15) is 26.7 Å². The number of aromatic hydroxyl groups is 1. The third kappa shape index (κ3) is 5.18. The number of benzene rings is 1. The molecule has 9 heteroatoms. The summed E-state index contributed by atoms with van der Waals surface area (Å²) >= 11 is 0. The van der Waals surface area contributed by atoms with Crippen molar-refractivity contribution >= 4 is 13.3 Å². The number of phenols is 1. The zero-order valence-electron chi connectivity index (χ0n) is 16.3. The number of allylic oxidation sites excluding steroid dienone is 2. The summed E-state index contributed by atoms with van der Waals surface area (Å²) in [6, 6.07) is 6.27. The van der Waals surface area contributed by atoms with Crippen molar-refractivity contribution in [1.29, 1.82) is 0 Å². The molecule has 0 fully saturated rings. The maximum absolute atomic E-state index is 13.6. The number of ether oxygens (including phenoxy) is 2. The van der Waals surface area contributed by atoms with Crippen molar-refractivity contribution in [2.45, 2.75) is 26.7 Å². The smallest absolute Gasteiger partial charge is 0.427 e. The Labute approximate surface area is 164 Å². The molecule has 0 aliphatic carbocycles. The van der Waals surface area contributed by atoms with E-state index < -0.39 is 7.60 Å². The Bertz CT molecular complexity index is 832. The average molecular weight is 408 g/mol. The molecule has 152 valence electrons. The van der Waals surface area contributed by atoms with Gasteiger partial charge in [0, 0.05) is 18.3 Å². The molecule has 0 bridgehead atoms. The van der Waals surface area contributed by atoms with Gasteiger partial charge in [0.2, 0.25) is 5.75 Å². The minimum atomic E-state index is -3.78. The van der Waals surface area contributed by atoms with Crippen molar-refractivity contribution < 1.29 is 28.3 Å². The van der Waals surface area contributed by atoms with Crippen LogP contribution < -0.4 is 19.5 Å². The van der Waals surface area contributed by atoms with E-state index in [1.807, 2.05) is 13.8 Å². The number of anilines is 1. The highest BCUT2D eigenvalue weighted by atomic mass is 31.2. The fourth-order valence-electron chi connectivity index (χ4n) is 2.42. The molecule has 1 heterocycles. The molecule has 1 atom stereocenters. The number of methoxy groups -OCH3 is 2. The Hall–Kier alpha value is -2.70. The zero-order chi connectivity index (χ0) is 20.6. The van der Waals surface area contributed by atoms with Gasteiger partial charge < -0.3 is 19.1 Å². The van der Waals surface area contributed by atoms with Gasteiger partial charge in [-0.05, 0) is 25.0 Å². The molecule has 28 heavy (non-hydrogen) atoms. The zero-order valence-corrected chi connectivity index (χ0v) is 17.2. The molecule has 1 aromatic carbocycles. The molecule has 2 rings (SSSR count). The molecule has 1 unspecified atom stereocenters.